The molecule has 0 fully saturated rings. The van der Waals surface area contributed by atoms with Crippen LogP contribution in [0.5, 0.6) is 5.75 Å². The third-order valence-corrected chi connectivity index (χ3v) is 2.79. The van der Waals surface area contributed by atoms with E-state index in [0.717, 1.165) is 17.8 Å². The molecule has 0 atom stereocenters. The van der Waals surface area contributed by atoms with Gasteiger partial charge in [0, 0.05) is 25.4 Å². The topological polar surface area (TPSA) is 27.1 Å². The molecule has 2 rings (SSSR count). The zero-order valence-corrected chi connectivity index (χ0v) is 14.5. The number of aryl methyl sites for hydroxylation is 1. The van der Waals surface area contributed by atoms with Gasteiger partial charge in [-0.15, -0.1) is 5.46 Å². The molecule has 0 amide bonds. The largest absolute Gasteiger partial charge is 1.00 e. The van der Waals surface area contributed by atoms with Gasteiger partial charge >= 0.3 is 58.4 Å². The molecule has 0 saturated heterocycles. The van der Waals surface area contributed by atoms with Gasteiger partial charge in [0.2, 0.25) is 0 Å². The summed E-state index contributed by atoms with van der Waals surface area (Å²) in [4.78, 5) is 0. The molecule has 102 valence electrons. The van der Waals surface area contributed by atoms with Crippen molar-refractivity contribution in [2.24, 2.45) is 7.05 Å². The van der Waals surface area contributed by atoms with Gasteiger partial charge in [0.15, 0.2) is 0 Å². The van der Waals surface area contributed by atoms with Crippen LogP contribution >= 0.6 is 0 Å². The zero-order valence-electron chi connectivity index (χ0n) is 11.4. The van der Waals surface area contributed by atoms with Crippen molar-refractivity contribution in [1.82, 2.24) is 9.78 Å². The molecule has 0 unspecified atom stereocenters. The number of rotatable bonds is 5. The van der Waals surface area contributed by atoms with Crippen LogP contribution in [0.2, 0.25) is 0 Å². The molecule has 0 aliphatic heterocycles. The summed E-state index contributed by atoms with van der Waals surface area (Å²) in [7, 11) is 1.81. The van der Waals surface area contributed by atoms with Crippen molar-refractivity contribution in [3.63, 3.8) is 0 Å². The molecule has 20 heavy (non-hydrogen) atoms. The number of halogens is 3. The molecule has 2 aromatic rings. The van der Waals surface area contributed by atoms with Crippen LogP contribution in [0, 0.1) is 0 Å². The Kier molecular flexibility index (Phi) is 6.80. The first kappa shape index (κ1) is 17.8. The van der Waals surface area contributed by atoms with E-state index in [1.54, 1.807) is 10.9 Å². The third kappa shape index (κ3) is 4.92. The number of benzene rings is 1. The van der Waals surface area contributed by atoms with Crippen LogP contribution in [0.4, 0.5) is 12.9 Å². The molecular formula is C12H13BF3KN2O. The van der Waals surface area contributed by atoms with E-state index < -0.39 is 12.4 Å². The Morgan fingerprint density at radius 3 is 2.60 bits per heavy atom. The number of ether oxygens (including phenoxy) is 1. The fourth-order valence-corrected chi connectivity index (χ4v) is 1.73. The number of aromatic nitrogens is 2. The Bertz CT molecular complexity index is 560. The minimum absolute atomic E-state index is 0. The van der Waals surface area contributed by atoms with Crippen molar-refractivity contribution >= 4 is 12.4 Å². The maximum absolute atomic E-state index is 12.6. The van der Waals surface area contributed by atoms with Crippen LogP contribution in [0.25, 0.3) is 0 Å². The quantitative estimate of drug-likeness (QED) is 0.670. The maximum atomic E-state index is 12.6. The van der Waals surface area contributed by atoms with Gasteiger partial charge in [0.25, 0.3) is 0 Å². The average molecular weight is 308 g/mol. The van der Waals surface area contributed by atoms with E-state index >= 15 is 0 Å². The summed E-state index contributed by atoms with van der Waals surface area (Å²) >= 11 is 0. The Labute approximate surface area is 158 Å². The first-order valence-electron chi connectivity index (χ1n) is 5.86. The number of hydrogen-bond donors (Lipinski definition) is 0. The first-order valence-corrected chi connectivity index (χ1v) is 5.86. The number of nitrogens with zero attached hydrogens (tertiary/aromatic N) is 2. The Hall–Kier alpha value is -0.279. The summed E-state index contributed by atoms with van der Waals surface area (Å²) in [6, 6.07) is 6.80. The van der Waals surface area contributed by atoms with Gasteiger partial charge in [0.05, 0.1) is 6.61 Å². The van der Waals surface area contributed by atoms with Gasteiger partial charge in [-0.2, -0.15) is 5.10 Å². The fourth-order valence-electron chi connectivity index (χ4n) is 1.73. The molecule has 1 aromatic heterocycles. The monoisotopic (exact) mass is 308 g/mol. The second-order valence-electron chi connectivity index (χ2n) is 4.19. The standard InChI is InChI=1S/C12H13BF3N2O.K/c1-18-11(5-7-17-18)6-8-19-12-4-2-3-10(9-12)13(14,15)16;/h2-5,7,9H,6,8H2,1H3;/q-1;+1. The second-order valence-corrected chi connectivity index (χ2v) is 4.19. The van der Waals surface area contributed by atoms with Gasteiger partial charge in [-0.1, -0.05) is 12.1 Å². The molecule has 0 saturated carbocycles. The maximum Gasteiger partial charge on any atom is 1.00 e. The molecule has 0 aliphatic rings. The van der Waals surface area contributed by atoms with E-state index in [4.69, 9.17) is 4.74 Å². The zero-order chi connectivity index (χ0) is 13.9. The van der Waals surface area contributed by atoms with Crippen molar-refractivity contribution in [1.29, 1.82) is 0 Å². The van der Waals surface area contributed by atoms with E-state index in [-0.39, 0.29) is 57.1 Å². The Morgan fingerprint density at radius 1 is 1.25 bits per heavy atom. The predicted molar refractivity (Wildman–Crippen MR) is 67.6 cm³/mol. The minimum Gasteiger partial charge on any atom is -0.493 e. The Morgan fingerprint density at radius 2 is 2.00 bits per heavy atom. The molecule has 0 radical (unpaired) electrons. The third-order valence-electron chi connectivity index (χ3n) is 2.79. The van der Waals surface area contributed by atoms with Crippen LogP contribution in [-0.2, 0) is 13.5 Å². The van der Waals surface area contributed by atoms with Crippen molar-refractivity contribution in [3.05, 3.63) is 42.2 Å². The van der Waals surface area contributed by atoms with E-state index in [0.29, 0.717) is 13.0 Å². The van der Waals surface area contributed by atoms with Crippen molar-refractivity contribution < 1.29 is 69.1 Å². The summed E-state index contributed by atoms with van der Waals surface area (Å²) < 4.78 is 44.7. The van der Waals surface area contributed by atoms with E-state index in [1.165, 1.54) is 12.1 Å². The molecule has 0 N–H and O–H groups in total. The van der Waals surface area contributed by atoms with Gasteiger partial charge < -0.3 is 17.7 Å². The van der Waals surface area contributed by atoms with Gasteiger partial charge in [0.1, 0.15) is 5.75 Å². The molecular weight excluding hydrogens is 295 g/mol. The van der Waals surface area contributed by atoms with Crippen molar-refractivity contribution in [2.75, 3.05) is 6.61 Å². The SMILES string of the molecule is Cn1nccc1CCOc1cccc([B-](F)(F)F)c1.[K+]. The number of hydrogen-bond acceptors (Lipinski definition) is 2. The first-order chi connectivity index (χ1) is 8.97. The fraction of sp³-hybridized carbons (Fsp3) is 0.250. The van der Waals surface area contributed by atoms with E-state index in [1.807, 2.05) is 13.1 Å². The molecule has 0 spiro atoms. The van der Waals surface area contributed by atoms with E-state index in [9.17, 15) is 12.9 Å². The van der Waals surface area contributed by atoms with Crippen LogP contribution in [0.3, 0.4) is 0 Å². The van der Waals surface area contributed by atoms with Crippen LogP contribution in [-0.4, -0.2) is 23.4 Å². The average Bonchev–Trinajstić information content (AvgIpc) is 2.75. The van der Waals surface area contributed by atoms with Gasteiger partial charge in [-0.25, -0.2) is 0 Å². The van der Waals surface area contributed by atoms with Gasteiger partial charge in [-0.05, 0) is 18.2 Å². The summed E-state index contributed by atoms with van der Waals surface area (Å²) in [5.74, 6) is 0.235. The van der Waals surface area contributed by atoms with Gasteiger partial charge in [-0.3, -0.25) is 4.68 Å². The molecule has 0 aliphatic carbocycles. The molecule has 3 nitrogen and oxygen atoms in total. The predicted octanol–water partition coefficient (Wildman–Crippen LogP) is -0.900. The summed E-state index contributed by atoms with van der Waals surface area (Å²) in [5, 5.41) is 4.00. The Balaban J connectivity index is 0.00000200. The summed E-state index contributed by atoms with van der Waals surface area (Å²) in [5.41, 5.74) is 0.328. The second kappa shape index (κ2) is 7.65. The van der Waals surface area contributed by atoms with Crippen molar-refractivity contribution in [2.45, 2.75) is 6.42 Å². The smallest absolute Gasteiger partial charge is 0.493 e. The minimum atomic E-state index is -4.98. The normalized spacial score (nSPS) is 11.0. The molecule has 1 heterocycles. The van der Waals surface area contributed by atoms with Crippen LogP contribution in [0.15, 0.2) is 36.5 Å². The van der Waals surface area contributed by atoms with E-state index in [2.05, 4.69) is 5.10 Å². The molecule has 8 heteroatoms. The van der Waals surface area contributed by atoms with Crippen LogP contribution < -0.4 is 61.6 Å². The summed E-state index contributed by atoms with van der Waals surface area (Å²) in [6.45, 7) is -4.67. The van der Waals surface area contributed by atoms with Crippen LogP contribution in [0.1, 0.15) is 5.69 Å². The molecule has 0 bridgehead atoms. The summed E-state index contributed by atoms with van der Waals surface area (Å²) in [6.07, 6.45) is 2.26. The molecule has 1 aromatic carbocycles. The van der Waals surface area contributed by atoms with Crippen molar-refractivity contribution in [3.8, 4) is 5.75 Å².